The SMILES string of the molecule is O=C1C(Cl)=C(N2CCCCC2)C(=O)c2ccccc21. The molecule has 2 aliphatic rings. The van der Waals surface area contributed by atoms with Crippen LogP contribution in [-0.4, -0.2) is 29.6 Å². The van der Waals surface area contributed by atoms with Crippen molar-refractivity contribution in [1.82, 2.24) is 4.90 Å². The maximum absolute atomic E-state index is 12.5. The van der Waals surface area contributed by atoms with Gasteiger partial charge in [-0.25, -0.2) is 0 Å². The molecule has 0 N–H and O–H groups in total. The summed E-state index contributed by atoms with van der Waals surface area (Å²) < 4.78 is 0. The van der Waals surface area contributed by atoms with Crippen LogP contribution in [-0.2, 0) is 0 Å². The summed E-state index contributed by atoms with van der Waals surface area (Å²) in [6.45, 7) is 1.60. The van der Waals surface area contributed by atoms with E-state index in [-0.39, 0.29) is 16.6 Å². The van der Waals surface area contributed by atoms with Gasteiger partial charge in [0.15, 0.2) is 0 Å². The Labute approximate surface area is 116 Å². The number of likely N-dealkylation sites (tertiary alicyclic amines) is 1. The number of Topliss-reactive ketones (excluding diaryl/α,β-unsaturated/α-hetero) is 2. The van der Waals surface area contributed by atoms with Crippen molar-refractivity contribution in [2.75, 3.05) is 13.1 Å². The zero-order valence-corrected chi connectivity index (χ0v) is 11.2. The number of hydrogen-bond donors (Lipinski definition) is 0. The topological polar surface area (TPSA) is 37.4 Å². The number of ketones is 2. The van der Waals surface area contributed by atoms with Crippen LogP contribution >= 0.6 is 11.6 Å². The van der Waals surface area contributed by atoms with Gasteiger partial charge < -0.3 is 4.90 Å². The summed E-state index contributed by atoms with van der Waals surface area (Å²) in [4.78, 5) is 26.7. The molecule has 0 saturated carbocycles. The third-order valence-electron chi connectivity index (χ3n) is 3.71. The number of hydrogen-bond acceptors (Lipinski definition) is 3. The van der Waals surface area contributed by atoms with Crippen molar-refractivity contribution < 1.29 is 9.59 Å². The minimum atomic E-state index is -0.238. The first-order valence-corrected chi connectivity index (χ1v) is 6.91. The van der Waals surface area contributed by atoms with Gasteiger partial charge in [-0.15, -0.1) is 0 Å². The van der Waals surface area contributed by atoms with E-state index >= 15 is 0 Å². The van der Waals surface area contributed by atoms with E-state index in [1.165, 1.54) is 6.42 Å². The fourth-order valence-electron chi connectivity index (χ4n) is 2.73. The Morgan fingerprint density at radius 1 is 0.895 bits per heavy atom. The summed E-state index contributed by atoms with van der Waals surface area (Å²) in [7, 11) is 0. The summed E-state index contributed by atoms with van der Waals surface area (Å²) in [6.07, 6.45) is 3.24. The van der Waals surface area contributed by atoms with Gasteiger partial charge in [-0.2, -0.15) is 0 Å². The summed E-state index contributed by atoms with van der Waals surface area (Å²) in [5.74, 6) is -0.362. The second kappa shape index (κ2) is 4.82. The predicted octanol–water partition coefficient (Wildman–Crippen LogP) is 3.00. The van der Waals surface area contributed by atoms with Gasteiger partial charge in [0.2, 0.25) is 11.6 Å². The van der Waals surface area contributed by atoms with Gasteiger partial charge >= 0.3 is 0 Å². The largest absolute Gasteiger partial charge is 0.367 e. The number of nitrogens with zero attached hydrogens (tertiary/aromatic N) is 1. The summed E-state index contributed by atoms with van der Waals surface area (Å²) in [6, 6.07) is 6.88. The van der Waals surface area contributed by atoms with Crippen LogP contribution in [0.5, 0.6) is 0 Å². The average Bonchev–Trinajstić information content (AvgIpc) is 2.46. The maximum Gasteiger partial charge on any atom is 0.211 e. The molecule has 1 aliphatic carbocycles. The first-order valence-electron chi connectivity index (χ1n) is 6.53. The molecule has 1 heterocycles. The number of benzene rings is 1. The van der Waals surface area contributed by atoms with Crippen LogP contribution in [0, 0.1) is 0 Å². The van der Waals surface area contributed by atoms with Crippen LogP contribution < -0.4 is 0 Å². The highest BCUT2D eigenvalue weighted by Gasteiger charge is 2.34. The number of rotatable bonds is 1. The molecule has 0 bridgehead atoms. The molecule has 0 spiro atoms. The van der Waals surface area contributed by atoms with Crippen molar-refractivity contribution in [2.24, 2.45) is 0 Å². The normalized spacial score (nSPS) is 19.7. The third-order valence-corrected chi connectivity index (χ3v) is 4.06. The predicted molar refractivity (Wildman–Crippen MR) is 73.4 cm³/mol. The van der Waals surface area contributed by atoms with Gasteiger partial charge in [0.05, 0.1) is 0 Å². The Morgan fingerprint density at radius 2 is 1.47 bits per heavy atom. The van der Waals surface area contributed by atoms with Gasteiger partial charge in [-0.05, 0) is 19.3 Å². The van der Waals surface area contributed by atoms with E-state index < -0.39 is 0 Å². The van der Waals surface area contributed by atoms with Crippen LogP contribution in [0.2, 0.25) is 0 Å². The Balaban J connectivity index is 2.07. The highest BCUT2D eigenvalue weighted by atomic mass is 35.5. The summed E-state index contributed by atoms with van der Waals surface area (Å²) in [5, 5.41) is 0.0746. The molecule has 0 amide bonds. The van der Waals surface area contributed by atoms with Gasteiger partial charge in [0, 0.05) is 24.2 Å². The zero-order chi connectivity index (χ0) is 13.4. The van der Waals surface area contributed by atoms with Gasteiger partial charge in [0.1, 0.15) is 10.7 Å². The first-order chi connectivity index (χ1) is 9.20. The van der Waals surface area contributed by atoms with E-state index in [1.807, 2.05) is 4.90 Å². The number of carbonyl (C=O) groups is 2. The molecule has 1 fully saturated rings. The summed E-state index contributed by atoms with van der Waals surface area (Å²) >= 11 is 6.16. The second-order valence-corrected chi connectivity index (χ2v) is 5.29. The van der Waals surface area contributed by atoms with Crippen LogP contribution in [0.15, 0.2) is 35.0 Å². The van der Waals surface area contributed by atoms with Crippen LogP contribution in [0.4, 0.5) is 0 Å². The number of carbonyl (C=O) groups excluding carboxylic acids is 2. The Kier molecular flexibility index (Phi) is 3.15. The number of halogens is 1. The fourth-order valence-corrected chi connectivity index (χ4v) is 3.04. The average molecular weight is 276 g/mol. The lowest BCUT2D eigenvalue weighted by molar-refractivity contribution is 0.0940. The number of piperidine rings is 1. The van der Waals surface area contributed by atoms with E-state index in [0.29, 0.717) is 16.8 Å². The van der Waals surface area contributed by atoms with Crippen molar-refractivity contribution in [3.8, 4) is 0 Å². The zero-order valence-electron chi connectivity index (χ0n) is 10.5. The Morgan fingerprint density at radius 3 is 2.11 bits per heavy atom. The molecule has 1 saturated heterocycles. The molecule has 0 unspecified atom stereocenters. The van der Waals surface area contributed by atoms with Crippen LogP contribution in [0.3, 0.4) is 0 Å². The fraction of sp³-hybridized carbons (Fsp3) is 0.333. The molecule has 3 nitrogen and oxygen atoms in total. The lowest BCUT2D eigenvalue weighted by atomic mass is 9.91. The molecule has 98 valence electrons. The monoisotopic (exact) mass is 275 g/mol. The van der Waals surface area contributed by atoms with Crippen molar-refractivity contribution in [1.29, 1.82) is 0 Å². The quantitative estimate of drug-likeness (QED) is 0.791. The van der Waals surface area contributed by atoms with Crippen molar-refractivity contribution in [3.63, 3.8) is 0 Å². The van der Waals surface area contributed by atoms with E-state index in [9.17, 15) is 9.59 Å². The smallest absolute Gasteiger partial charge is 0.211 e. The minimum Gasteiger partial charge on any atom is -0.367 e. The molecule has 4 heteroatoms. The molecule has 1 aliphatic heterocycles. The molecule has 0 aromatic heterocycles. The van der Waals surface area contributed by atoms with E-state index in [0.717, 1.165) is 25.9 Å². The van der Waals surface area contributed by atoms with E-state index in [2.05, 4.69) is 0 Å². The lowest BCUT2D eigenvalue weighted by Crippen LogP contribution is -2.36. The molecular formula is C15H14ClNO2. The highest BCUT2D eigenvalue weighted by Crippen LogP contribution is 2.31. The molecule has 1 aromatic carbocycles. The molecule has 3 rings (SSSR count). The summed E-state index contributed by atoms with van der Waals surface area (Å²) in [5.41, 5.74) is 1.28. The number of fused-ring (bicyclic) bond motifs is 1. The van der Waals surface area contributed by atoms with Gasteiger partial charge in [0.25, 0.3) is 0 Å². The van der Waals surface area contributed by atoms with E-state index in [1.54, 1.807) is 24.3 Å². The molecule has 19 heavy (non-hydrogen) atoms. The van der Waals surface area contributed by atoms with Crippen LogP contribution in [0.25, 0.3) is 0 Å². The third kappa shape index (κ3) is 1.98. The molecule has 0 radical (unpaired) electrons. The van der Waals surface area contributed by atoms with Crippen molar-refractivity contribution in [3.05, 3.63) is 46.1 Å². The van der Waals surface area contributed by atoms with Crippen LogP contribution in [0.1, 0.15) is 40.0 Å². The van der Waals surface area contributed by atoms with Crippen molar-refractivity contribution >= 4 is 23.2 Å². The second-order valence-electron chi connectivity index (χ2n) is 4.91. The Hall–Kier alpha value is -1.61. The van der Waals surface area contributed by atoms with E-state index in [4.69, 9.17) is 11.6 Å². The molecule has 1 aromatic rings. The number of allylic oxidation sites excluding steroid dienone is 2. The highest BCUT2D eigenvalue weighted by molar-refractivity contribution is 6.49. The Bertz CT molecular complexity index is 586. The maximum atomic E-state index is 12.5. The first kappa shape index (κ1) is 12.4. The van der Waals surface area contributed by atoms with Crippen molar-refractivity contribution in [2.45, 2.75) is 19.3 Å². The standard InChI is InChI=1S/C15H14ClNO2/c16-12-13(17-8-4-1-5-9-17)15(19)11-7-3-2-6-10(11)14(12)18/h2-3,6-7H,1,4-5,8-9H2. The lowest BCUT2D eigenvalue weighted by Gasteiger charge is -2.32. The molecular weight excluding hydrogens is 262 g/mol. The molecule has 0 atom stereocenters. The van der Waals surface area contributed by atoms with Gasteiger partial charge in [-0.3, -0.25) is 9.59 Å². The van der Waals surface area contributed by atoms with Gasteiger partial charge in [-0.1, -0.05) is 35.9 Å². The minimum absolute atomic E-state index is 0.0746.